The van der Waals surface area contributed by atoms with E-state index in [0.717, 1.165) is 32.1 Å². The fraction of sp³-hybridized carbons (Fsp3) is 0.783. The van der Waals surface area contributed by atoms with Crippen molar-refractivity contribution in [1.82, 2.24) is 0 Å². The van der Waals surface area contributed by atoms with Crippen LogP contribution in [-0.2, 0) is 19.1 Å². The van der Waals surface area contributed by atoms with Crippen LogP contribution in [0.2, 0.25) is 0 Å². The van der Waals surface area contributed by atoms with Gasteiger partial charge in [0, 0.05) is 18.8 Å². The van der Waals surface area contributed by atoms with E-state index < -0.39 is 5.60 Å². The van der Waals surface area contributed by atoms with E-state index in [1.165, 1.54) is 12.5 Å². The highest BCUT2D eigenvalue weighted by Gasteiger charge is 2.67. The second kappa shape index (κ2) is 6.28. The molecule has 7 unspecified atom stereocenters. The largest absolute Gasteiger partial charge is 0.451 e. The van der Waals surface area contributed by atoms with Gasteiger partial charge >= 0.3 is 5.97 Å². The van der Waals surface area contributed by atoms with Crippen molar-refractivity contribution in [3.8, 4) is 0 Å². The summed E-state index contributed by atoms with van der Waals surface area (Å²) < 4.78 is 5.84. The quantitative estimate of drug-likeness (QED) is 0.679. The number of ether oxygens (including phenoxy) is 1. The van der Waals surface area contributed by atoms with Crippen molar-refractivity contribution in [3.05, 3.63) is 11.6 Å². The Morgan fingerprint density at radius 1 is 1.15 bits per heavy atom. The molecule has 0 amide bonds. The second-order valence-electron chi connectivity index (χ2n) is 9.83. The van der Waals surface area contributed by atoms with Gasteiger partial charge in [-0.2, -0.15) is 0 Å². The molecule has 4 nitrogen and oxygen atoms in total. The average molecular weight is 373 g/mol. The van der Waals surface area contributed by atoms with Crippen LogP contribution in [0.1, 0.15) is 72.6 Å². The molecule has 0 saturated heterocycles. The number of carbonyl (C=O) groups is 3. The van der Waals surface area contributed by atoms with Gasteiger partial charge in [-0.1, -0.05) is 19.4 Å². The Labute approximate surface area is 162 Å². The molecule has 0 N–H and O–H groups in total. The van der Waals surface area contributed by atoms with Crippen molar-refractivity contribution >= 4 is 17.5 Å². The molecule has 7 atom stereocenters. The molecule has 0 aromatic rings. The van der Waals surface area contributed by atoms with Gasteiger partial charge in [-0.25, -0.2) is 0 Å². The molecule has 4 rings (SSSR count). The number of hydrogen-bond acceptors (Lipinski definition) is 4. The average Bonchev–Trinajstić information content (AvgIpc) is 2.87. The van der Waals surface area contributed by atoms with Crippen LogP contribution in [0.5, 0.6) is 0 Å². The fourth-order valence-electron chi connectivity index (χ4n) is 7.81. The number of hydrogen-bond donors (Lipinski definition) is 0. The zero-order valence-electron chi connectivity index (χ0n) is 17.0. The zero-order chi connectivity index (χ0) is 19.6. The molecule has 4 aliphatic carbocycles. The summed E-state index contributed by atoms with van der Waals surface area (Å²) in [6, 6.07) is 0. The van der Waals surface area contributed by atoms with E-state index in [9.17, 15) is 14.4 Å². The minimum absolute atomic E-state index is 0.00741. The molecule has 3 fully saturated rings. The highest BCUT2D eigenvalue weighted by atomic mass is 16.6. The van der Waals surface area contributed by atoms with Crippen molar-refractivity contribution in [2.24, 2.45) is 35.0 Å². The first-order valence-corrected chi connectivity index (χ1v) is 10.6. The Bertz CT molecular complexity index is 722. The lowest BCUT2D eigenvalue weighted by atomic mass is 9.47. The fourth-order valence-corrected chi connectivity index (χ4v) is 7.81. The SMILES string of the molecule is CC(=O)OC1(C(C)=O)CCC2C3CCC4=CC(=O)CCC4C3C(C)CC21C. The van der Waals surface area contributed by atoms with E-state index in [1.54, 1.807) is 6.92 Å². The maximum Gasteiger partial charge on any atom is 0.303 e. The smallest absolute Gasteiger partial charge is 0.303 e. The molecular formula is C23H32O4. The van der Waals surface area contributed by atoms with Crippen LogP contribution in [0.3, 0.4) is 0 Å². The minimum Gasteiger partial charge on any atom is -0.451 e. The van der Waals surface area contributed by atoms with Crippen LogP contribution in [-0.4, -0.2) is 23.1 Å². The lowest BCUT2D eigenvalue weighted by Crippen LogP contribution is -2.59. The monoisotopic (exact) mass is 372 g/mol. The van der Waals surface area contributed by atoms with Gasteiger partial charge in [-0.3, -0.25) is 14.4 Å². The number of allylic oxidation sites excluding steroid dienone is 1. The predicted molar refractivity (Wildman–Crippen MR) is 102 cm³/mol. The summed E-state index contributed by atoms with van der Waals surface area (Å²) in [5.74, 6) is 2.52. The van der Waals surface area contributed by atoms with Gasteiger partial charge < -0.3 is 4.74 Å². The lowest BCUT2D eigenvalue weighted by Gasteiger charge is -2.58. The van der Waals surface area contributed by atoms with E-state index >= 15 is 0 Å². The molecular weight excluding hydrogens is 340 g/mol. The van der Waals surface area contributed by atoms with Crippen LogP contribution in [0.15, 0.2) is 11.6 Å². The maximum absolute atomic E-state index is 12.8. The van der Waals surface area contributed by atoms with Gasteiger partial charge in [0.05, 0.1) is 0 Å². The van der Waals surface area contributed by atoms with E-state index in [2.05, 4.69) is 13.8 Å². The van der Waals surface area contributed by atoms with Gasteiger partial charge in [-0.15, -0.1) is 0 Å². The van der Waals surface area contributed by atoms with Crippen LogP contribution in [0.4, 0.5) is 0 Å². The maximum atomic E-state index is 12.8. The van der Waals surface area contributed by atoms with Gasteiger partial charge in [0.25, 0.3) is 0 Å². The summed E-state index contributed by atoms with van der Waals surface area (Å²) in [4.78, 5) is 36.6. The van der Waals surface area contributed by atoms with Crippen LogP contribution >= 0.6 is 0 Å². The number of esters is 1. The van der Waals surface area contributed by atoms with Crippen molar-refractivity contribution in [1.29, 1.82) is 0 Å². The minimum atomic E-state index is -0.957. The summed E-state index contributed by atoms with van der Waals surface area (Å²) in [5, 5.41) is 0. The highest BCUT2D eigenvalue weighted by Crippen LogP contribution is 2.67. The van der Waals surface area contributed by atoms with Crippen molar-refractivity contribution in [3.63, 3.8) is 0 Å². The van der Waals surface area contributed by atoms with Crippen molar-refractivity contribution in [2.45, 2.75) is 78.2 Å². The first-order chi connectivity index (χ1) is 12.7. The molecule has 4 heteroatoms. The molecule has 0 heterocycles. The Morgan fingerprint density at radius 2 is 1.89 bits per heavy atom. The Kier molecular flexibility index (Phi) is 4.40. The summed E-state index contributed by atoms with van der Waals surface area (Å²) in [6.45, 7) is 7.54. The van der Waals surface area contributed by atoms with Crippen LogP contribution in [0, 0.1) is 35.0 Å². The number of carbonyl (C=O) groups excluding carboxylic acids is 3. The number of ketones is 2. The van der Waals surface area contributed by atoms with E-state index in [0.29, 0.717) is 48.2 Å². The molecule has 27 heavy (non-hydrogen) atoms. The van der Waals surface area contributed by atoms with Gasteiger partial charge in [-0.05, 0) is 81.1 Å². The van der Waals surface area contributed by atoms with Crippen molar-refractivity contribution in [2.75, 3.05) is 0 Å². The third kappa shape index (κ3) is 2.58. The zero-order valence-corrected chi connectivity index (χ0v) is 17.0. The second-order valence-corrected chi connectivity index (χ2v) is 9.83. The van der Waals surface area contributed by atoms with E-state index in [4.69, 9.17) is 4.74 Å². The predicted octanol–water partition coefficient (Wildman–Crippen LogP) is 4.27. The van der Waals surface area contributed by atoms with Crippen LogP contribution in [0.25, 0.3) is 0 Å². The first kappa shape index (κ1) is 18.9. The topological polar surface area (TPSA) is 60.4 Å². The van der Waals surface area contributed by atoms with E-state index in [-0.39, 0.29) is 17.2 Å². The molecule has 148 valence electrons. The molecule has 0 radical (unpaired) electrons. The highest BCUT2D eigenvalue weighted by molar-refractivity contribution is 5.91. The molecule has 0 aromatic heterocycles. The normalized spacial score (nSPS) is 46.0. The first-order valence-electron chi connectivity index (χ1n) is 10.6. The van der Waals surface area contributed by atoms with Gasteiger partial charge in [0.1, 0.15) is 0 Å². The third-order valence-electron chi connectivity index (χ3n) is 8.60. The third-order valence-corrected chi connectivity index (χ3v) is 8.60. The van der Waals surface area contributed by atoms with Gasteiger partial charge in [0.15, 0.2) is 17.2 Å². The Hall–Kier alpha value is -1.45. The van der Waals surface area contributed by atoms with E-state index in [1.807, 2.05) is 6.08 Å². The number of rotatable bonds is 2. The molecule has 0 aliphatic heterocycles. The number of Topliss-reactive ketones (excluding diaryl/α,β-unsaturated/α-hetero) is 1. The molecule has 3 saturated carbocycles. The standard InChI is InChI=1S/C23H32O4/c1-13-12-22(4)20(9-10-23(22,14(2)24)27-15(3)25)19-7-5-16-11-17(26)6-8-18(16)21(13)19/h11,13,18-21H,5-10,12H2,1-4H3. The molecule has 0 spiro atoms. The summed E-state index contributed by atoms with van der Waals surface area (Å²) in [6.07, 6.45) is 8.24. The lowest BCUT2D eigenvalue weighted by molar-refractivity contribution is -0.189. The molecule has 0 bridgehead atoms. The van der Waals surface area contributed by atoms with Crippen molar-refractivity contribution < 1.29 is 19.1 Å². The molecule has 4 aliphatic rings. The number of fused-ring (bicyclic) bond motifs is 5. The summed E-state index contributed by atoms with van der Waals surface area (Å²) in [7, 11) is 0. The van der Waals surface area contributed by atoms with Crippen LogP contribution < -0.4 is 0 Å². The van der Waals surface area contributed by atoms with Gasteiger partial charge in [0.2, 0.25) is 0 Å². The Balaban J connectivity index is 1.71. The summed E-state index contributed by atoms with van der Waals surface area (Å²) >= 11 is 0. The molecule has 0 aromatic carbocycles. The Morgan fingerprint density at radius 3 is 2.56 bits per heavy atom. The summed E-state index contributed by atoms with van der Waals surface area (Å²) in [5.41, 5.74) is 0.136.